The molecule has 0 N–H and O–H groups in total. The highest BCUT2D eigenvalue weighted by molar-refractivity contribution is 5.90. The Kier molecular flexibility index (Phi) is 1.57. The molecule has 2 aromatic rings. The lowest BCUT2D eigenvalue weighted by Crippen LogP contribution is -2.27. The van der Waals surface area contributed by atoms with E-state index in [9.17, 15) is 14.9 Å². The molecule has 6 heteroatoms. The van der Waals surface area contributed by atoms with Crippen molar-refractivity contribution < 1.29 is 14.0 Å². The smallest absolute Gasteiger partial charge is 0.411 e. The Hall–Kier alpha value is -2.37. The first-order valence-corrected chi connectivity index (χ1v) is 4.64. The Bertz CT molecular complexity index is 674. The van der Waals surface area contributed by atoms with Crippen molar-refractivity contribution >= 4 is 17.0 Å². The third-order valence-corrected chi connectivity index (χ3v) is 2.57. The molecule has 0 saturated heterocycles. The predicted molar refractivity (Wildman–Crippen MR) is 53.2 cm³/mol. The van der Waals surface area contributed by atoms with Crippen LogP contribution in [0.2, 0.25) is 0 Å². The van der Waals surface area contributed by atoms with E-state index in [-0.39, 0.29) is 29.0 Å². The van der Waals surface area contributed by atoms with E-state index in [0.29, 0.717) is 9.16 Å². The number of carbonyl (C=O) groups excluding carboxylic acids is 1. The fourth-order valence-corrected chi connectivity index (χ4v) is 1.82. The van der Waals surface area contributed by atoms with Gasteiger partial charge in [0.15, 0.2) is 0 Å². The normalized spacial score (nSPS) is 13.9. The standard InChI is InChI=1S/C10H6N2O4/c13-10-9-8(5-16-10)11(14)6-3-1-2-4-7(6)12(9)15/h1-4H,5H2. The lowest BCUT2D eigenvalue weighted by molar-refractivity contribution is -0.468. The lowest BCUT2D eigenvalue weighted by Gasteiger charge is -2.13. The van der Waals surface area contributed by atoms with Crippen LogP contribution in [0.1, 0.15) is 16.2 Å². The second kappa shape index (κ2) is 2.82. The monoisotopic (exact) mass is 218 g/mol. The summed E-state index contributed by atoms with van der Waals surface area (Å²) >= 11 is 0. The van der Waals surface area contributed by atoms with Gasteiger partial charge in [0.2, 0.25) is 0 Å². The molecule has 6 nitrogen and oxygen atoms in total. The van der Waals surface area contributed by atoms with E-state index < -0.39 is 5.97 Å². The van der Waals surface area contributed by atoms with Gasteiger partial charge < -0.3 is 14.7 Å². The van der Waals surface area contributed by atoms with Crippen LogP contribution in [0.3, 0.4) is 0 Å². The highest BCUT2D eigenvalue weighted by atomic mass is 16.5. The molecule has 2 heterocycles. The number of para-hydroxylation sites is 2. The fraction of sp³-hybridized carbons (Fsp3) is 0.100. The summed E-state index contributed by atoms with van der Waals surface area (Å²) in [6, 6.07) is 6.30. The van der Waals surface area contributed by atoms with Crippen LogP contribution in [0.15, 0.2) is 24.3 Å². The van der Waals surface area contributed by atoms with Crippen LogP contribution in [0.5, 0.6) is 0 Å². The number of esters is 1. The number of carbonyl (C=O) groups is 1. The number of fused-ring (bicyclic) bond motifs is 2. The summed E-state index contributed by atoms with van der Waals surface area (Å²) in [6.45, 7) is -0.148. The molecule has 16 heavy (non-hydrogen) atoms. The van der Waals surface area contributed by atoms with Gasteiger partial charge >= 0.3 is 11.7 Å². The number of hydrogen-bond acceptors (Lipinski definition) is 4. The van der Waals surface area contributed by atoms with Crippen molar-refractivity contribution in [1.29, 1.82) is 0 Å². The maximum atomic E-state index is 11.9. The number of benzene rings is 1. The van der Waals surface area contributed by atoms with Crippen molar-refractivity contribution in [3.63, 3.8) is 0 Å². The largest absolute Gasteiger partial charge is 0.805 e. The van der Waals surface area contributed by atoms with E-state index in [4.69, 9.17) is 0 Å². The van der Waals surface area contributed by atoms with Gasteiger partial charge in [-0.05, 0) is 6.07 Å². The summed E-state index contributed by atoms with van der Waals surface area (Å²) in [7, 11) is 0. The van der Waals surface area contributed by atoms with Crippen LogP contribution in [-0.2, 0) is 11.3 Å². The van der Waals surface area contributed by atoms with E-state index >= 15 is 0 Å². The molecular formula is C10H6N2O4. The van der Waals surface area contributed by atoms with E-state index in [0.717, 1.165) is 0 Å². The SMILES string of the molecule is O=C1OCc2c1[n+](=O)c1ccccc1n2[O-]. The van der Waals surface area contributed by atoms with Crippen molar-refractivity contribution in [1.82, 2.24) is 4.73 Å². The van der Waals surface area contributed by atoms with E-state index in [1.807, 2.05) is 0 Å². The van der Waals surface area contributed by atoms with E-state index in [2.05, 4.69) is 4.74 Å². The second-order valence-corrected chi connectivity index (χ2v) is 3.45. The summed E-state index contributed by atoms with van der Waals surface area (Å²) in [5.74, 6) is -0.750. The van der Waals surface area contributed by atoms with E-state index in [1.54, 1.807) is 12.1 Å². The molecule has 0 spiro atoms. The number of hydrogen-bond donors (Lipinski definition) is 0. The van der Waals surface area contributed by atoms with Gasteiger partial charge in [0, 0.05) is 11.0 Å². The third kappa shape index (κ3) is 0.928. The molecule has 0 unspecified atom stereocenters. The summed E-state index contributed by atoms with van der Waals surface area (Å²) in [5, 5.41) is 11.9. The molecule has 1 aliphatic rings. The number of aromatic nitrogens is 2. The van der Waals surface area contributed by atoms with Gasteiger partial charge in [0.1, 0.15) is 17.8 Å². The van der Waals surface area contributed by atoms with Gasteiger partial charge in [-0.15, -0.1) is 0 Å². The van der Waals surface area contributed by atoms with Gasteiger partial charge in [0.05, 0.1) is 4.43 Å². The lowest BCUT2D eigenvalue weighted by atomic mass is 10.2. The first-order chi connectivity index (χ1) is 7.70. The van der Waals surface area contributed by atoms with Crippen molar-refractivity contribution in [2.45, 2.75) is 6.61 Å². The molecule has 0 fully saturated rings. The zero-order chi connectivity index (χ0) is 11.3. The summed E-state index contributed by atoms with van der Waals surface area (Å²) in [6.07, 6.45) is 0. The quantitative estimate of drug-likeness (QED) is 0.478. The van der Waals surface area contributed by atoms with Crippen LogP contribution in [0.25, 0.3) is 11.0 Å². The van der Waals surface area contributed by atoms with Crippen LogP contribution >= 0.6 is 0 Å². The highest BCUT2D eigenvalue weighted by Gasteiger charge is 2.36. The van der Waals surface area contributed by atoms with Gasteiger partial charge in [-0.3, -0.25) is 0 Å². The molecule has 0 bridgehead atoms. The number of rotatable bonds is 0. The Morgan fingerprint density at radius 2 is 2.12 bits per heavy atom. The van der Waals surface area contributed by atoms with Gasteiger partial charge in [-0.2, -0.15) is 0 Å². The number of cyclic esters (lactones) is 1. The van der Waals surface area contributed by atoms with Gasteiger partial charge in [0.25, 0.3) is 5.52 Å². The zero-order valence-corrected chi connectivity index (χ0v) is 8.04. The molecule has 0 atom stereocenters. The minimum atomic E-state index is -0.750. The van der Waals surface area contributed by atoms with Crippen molar-refractivity contribution in [3.05, 3.63) is 45.8 Å². The molecule has 3 rings (SSSR count). The van der Waals surface area contributed by atoms with Crippen molar-refractivity contribution in [3.8, 4) is 0 Å². The number of nitrogens with zero attached hydrogens (tertiary/aromatic N) is 2. The maximum Gasteiger partial charge on any atom is 0.411 e. The predicted octanol–water partition coefficient (Wildman–Crippen LogP) is 0.572. The van der Waals surface area contributed by atoms with Gasteiger partial charge in [-0.1, -0.05) is 12.1 Å². The van der Waals surface area contributed by atoms with Crippen LogP contribution in [0.4, 0.5) is 0 Å². The maximum absolute atomic E-state index is 11.9. The van der Waals surface area contributed by atoms with Gasteiger partial charge in [-0.25, -0.2) is 4.79 Å². The molecule has 0 amide bonds. The third-order valence-electron chi connectivity index (χ3n) is 2.57. The van der Waals surface area contributed by atoms with Crippen LogP contribution in [0, 0.1) is 10.1 Å². The minimum absolute atomic E-state index is 0.0682. The molecular weight excluding hydrogens is 212 g/mol. The Balaban J connectivity index is 2.59. The van der Waals surface area contributed by atoms with Crippen LogP contribution in [-0.4, -0.2) is 10.7 Å². The summed E-state index contributed by atoms with van der Waals surface area (Å²) in [5.41, 5.74) is 0.247. The molecule has 0 radical (unpaired) electrons. The summed E-state index contributed by atoms with van der Waals surface area (Å²) in [4.78, 5) is 23.1. The average Bonchev–Trinajstić information content (AvgIpc) is 2.69. The summed E-state index contributed by atoms with van der Waals surface area (Å²) < 4.78 is 5.70. The Labute approximate surface area is 88.9 Å². The molecule has 0 saturated carbocycles. The first-order valence-electron chi connectivity index (χ1n) is 4.64. The molecule has 1 aromatic heterocycles. The van der Waals surface area contributed by atoms with E-state index in [1.165, 1.54) is 12.1 Å². The Morgan fingerprint density at radius 3 is 2.94 bits per heavy atom. The zero-order valence-electron chi connectivity index (χ0n) is 8.04. The highest BCUT2D eigenvalue weighted by Crippen LogP contribution is 2.20. The van der Waals surface area contributed by atoms with Crippen molar-refractivity contribution in [2.24, 2.45) is 0 Å². The Morgan fingerprint density at radius 1 is 1.38 bits per heavy atom. The molecule has 0 aliphatic carbocycles. The minimum Gasteiger partial charge on any atom is -0.805 e. The van der Waals surface area contributed by atoms with Crippen LogP contribution < -0.4 is 4.43 Å². The molecule has 1 aliphatic heterocycles. The fourth-order valence-electron chi connectivity index (χ4n) is 1.82. The first kappa shape index (κ1) is 8.90. The molecule has 1 aromatic carbocycles. The second-order valence-electron chi connectivity index (χ2n) is 3.45. The number of ether oxygens (including phenoxy) is 1. The topological polar surface area (TPSA) is 77.3 Å². The van der Waals surface area contributed by atoms with Crippen molar-refractivity contribution in [2.75, 3.05) is 0 Å². The molecule has 80 valence electrons. The average molecular weight is 218 g/mol.